The third-order valence-electron chi connectivity index (χ3n) is 5.42. The topological polar surface area (TPSA) is 78.9 Å². The summed E-state index contributed by atoms with van der Waals surface area (Å²) >= 11 is 1.53. The highest BCUT2D eigenvalue weighted by Crippen LogP contribution is 2.40. The van der Waals surface area contributed by atoms with Gasteiger partial charge in [0.2, 0.25) is 0 Å². The van der Waals surface area contributed by atoms with Crippen LogP contribution in [0.15, 0.2) is 34.9 Å². The summed E-state index contributed by atoms with van der Waals surface area (Å²) < 4.78 is 5.30. The molecular weight excluding hydrogens is 370 g/mol. The summed E-state index contributed by atoms with van der Waals surface area (Å²) in [7, 11) is 0. The van der Waals surface area contributed by atoms with Crippen LogP contribution in [0, 0.1) is 24.2 Å². The van der Waals surface area contributed by atoms with Gasteiger partial charge < -0.3 is 9.84 Å². The third-order valence-corrected chi connectivity index (χ3v) is 6.59. The van der Waals surface area contributed by atoms with E-state index in [1.165, 1.54) is 16.2 Å². The van der Waals surface area contributed by atoms with Crippen LogP contribution >= 0.6 is 11.3 Å². The van der Waals surface area contributed by atoms with E-state index in [-0.39, 0.29) is 5.91 Å². The molecule has 2 heterocycles. The van der Waals surface area contributed by atoms with Gasteiger partial charge in [0.25, 0.3) is 5.91 Å². The minimum atomic E-state index is -0.292. The van der Waals surface area contributed by atoms with Crippen LogP contribution in [-0.2, 0) is 12.8 Å². The lowest BCUT2D eigenvalue weighted by atomic mass is 9.86. The lowest BCUT2D eigenvalue weighted by molar-refractivity contribution is 0.102. The van der Waals surface area contributed by atoms with E-state index in [0.29, 0.717) is 33.5 Å². The molecule has 28 heavy (non-hydrogen) atoms. The predicted octanol–water partition coefficient (Wildman–Crippen LogP) is 5.35. The van der Waals surface area contributed by atoms with Crippen LogP contribution in [0.3, 0.4) is 0 Å². The van der Waals surface area contributed by atoms with Crippen LogP contribution < -0.4 is 5.32 Å². The normalized spacial score (nSPS) is 15.7. The standard InChI is InChI=1S/C22H21N3O2S/c1-3-14-9-10-16-17(12-23)22(28-18(16)11-14)24-21(26)19-13(2)27-25-20(19)15-7-5-4-6-8-15/h4-8,14H,3,9-11H2,1-2H3,(H,24,26). The summed E-state index contributed by atoms with van der Waals surface area (Å²) in [6, 6.07) is 11.8. The molecule has 0 aliphatic heterocycles. The van der Waals surface area contributed by atoms with Crippen LogP contribution in [0.4, 0.5) is 5.00 Å². The van der Waals surface area contributed by atoms with Gasteiger partial charge in [-0.15, -0.1) is 11.3 Å². The monoisotopic (exact) mass is 391 g/mol. The first-order valence-electron chi connectivity index (χ1n) is 9.50. The molecular formula is C22H21N3O2S. The number of benzene rings is 1. The Labute approximate surface area is 168 Å². The van der Waals surface area contributed by atoms with Crippen molar-refractivity contribution in [2.45, 2.75) is 39.5 Å². The first-order chi connectivity index (χ1) is 13.6. The summed E-state index contributed by atoms with van der Waals surface area (Å²) in [5, 5.41) is 17.4. The van der Waals surface area contributed by atoms with Crippen LogP contribution in [0.25, 0.3) is 11.3 Å². The number of rotatable bonds is 4. The number of fused-ring (bicyclic) bond motifs is 1. The second kappa shape index (κ2) is 7.61. The maximum Gasteiger partial charge on any atom is 0.262 e. The highest BCUT2D eigenvalue weighted by Gasteiger charge is 2.28. The smallest absolute Gasteiger partial charge is 0.262 e. The molecule has 5 nitrogen and oxygen atoms in total. The van der Waals surface area contributed by atoms with Gasteiger partial charge in [0.1, 0.15) is 28.1 Å². The lowest BCUT2D eigenvalue weighted by Crippen LogP contribution is -2.14. The number of nitrogens with zero attached hydrogens (tertiary/aromatic N) is 2. The number of nitriles is 1. The average molecular weight is 391 g/mol. The van der Waals surface area contributed by atoms with Crippen molar-refractivity contribution in [3.63, 3.8) is 0 Å². The van der Waals surface area contributed by atoms with Gasteiger partial charge in [0.15, 0.2) is 0 Å². The number of carbonyl (C=O) groups is 1. The number of amides is 1. The summed E-state index contributed by atoms with van der Waals surface area (Å²) in [5.41, 5.74) is 3.46. The summed E-state index contributed by atoms with van der Waals surface area (Å²) in [6.07, 6.45) is 4.14. The van der Waals surface area contributed by atoms with Crippen molar-refractivity contribution >= 4 is 22.2 Å². The first-order valence-corrected chi connectivity index (χ1v) is 10.3. The lowest BCUT2D eigenvalue weighted by Gasteiger charge is -2.20. The highest BCUT2D eigenvalue weighted by molar-refractivity contribution is 7.16. The van der Waals surface area contributed by atoms with Crippen molar-refractivity contribution in [1.29, 1.82) is 5.26 Å². The Hall–Kier alpha value is -2.91. The van der Waals surface area contributed by atoms with Gasteiger partial charge in [0, 0.05) is 10.4 Å². The zero-order valence-electron chi connectivity index (χ0n) is 15.9. The van der Waals surface area contributed by atoms with E-state index in [0.717, 1.165) is 36.8 Å². The largest absolute Gasteiger partial charge is 0.360 e. The highest BCUT2D eigenvalue weighted by atomic mass is 32.1. The zero-order valence-corrected chi connectivity index (χ0v) is 16.7. The van der Waals surface area contributed by atoms with Crippen molar-refractivity contribution in [2.24, 2.45) is 5.92 Å². The van der Waals surface area contributed by atoms with Gasteiger partial charge in [-0.05, 0) is 37.7 Å². The molecule has 4 rings (SSSR count). The Kier molecular flexibility index (Phi) is 5.01. The van der Waals surface area contributed by atoms with Gasteiger partial charge in [-0.1, -0.05) is 48.8 Å². The fraction of sp³-hybridized carbons (Fsp3) is 0.318. The maximum absolute atomic E-state index is 13.1. The number of aromatic nitrogens is 1. The summed E-state index contributed by atoms with van der Waals surface area (Å²) in [6.45, 7) is 3.93. The Bertz CT molecular complexity index is 1060. The molecule has 0 spiro atoms. The van der Waals surface area contributed by atoms with E-state index in [2.05, 4.69) is 23.5 Å². The van der Waals surface area contributed by atoms with E-state index in [9.17, 15) is 10.1 Å². The number of nitrogens with one attached hydrogen (secondary N) is 1. The number of aryl methyl sites for hydroxylation is 1. The second-order valence-corrected chi connectivity index (χ2v) is 8.22. The molecule has 3 aromatic rings. The number of hydrogen-bond donors (Lipinski definition) is 1. The molecule has 1 unspecified atom stereocenters. The molecule has 2 aromatic heterocycles. The minimum absolute atomic E-state index is 0.292. The van der Waals surface area contributed by atoms with Crippen molar-refractivity contribution < 1.29 is 9.32 Å². The second-order valence-electron chi connectivity index (χ2n) is 7.12. The van der Waals surface area contributed by atoms with Crippen molar-refractivity contribution in [3.05, 3.63) is 57.7 Å². The Morgan fingerprint density at radius 1 is 1.39 bits per heavy atom. The van der Waals surface area contributed by atoms with Gasteiger partial charge in [-0.3, -0.25) is 4.79 Å². The van der Waals surface area contributed by atoms with Crippen molar-refractivity contribution in [2.75, 3.05) is 5.32 Å². The summed E-state index contributed by atoms with van der Waals surface area (Å²) in [4.78, 5) is 14.3. The van der Waals surface area contributed by atoms with E-state index >= 15 is 0 Å². The molecule has 6 heteroatoms. The third kappa shape index (κ3) is 3.23. The maximum atomic E-state index is 13.1. The average Bonchev–Trinajstić information content (AvgIpc) is 3.27. The number of hydrogen-bond acceptors (Lipinski definition) is 5. The molecule has 0 bridgehead atoms. The van der Waals surface area contributed by atoms with Gasteiger partial charge >= 0.3 is 0 Å². The molecule has 142 valence electrons. The molecule has 0 saturated heterocycles. The first kappa shape index (κ1) is 18.5. The Balaban J connectivity index is 1.67. The predicted molar refractivity (Wildman–Crippen MR) is 109 cm³/mol. The summed E-state index contributed by atoms with van der Waals surface area (Å²) in [5.74, 6) is 0.827. The fourth-order valence-corrected chi connectivity index (χ4v) is 5.11. The van der Waals surface area contributed by atoms with E-state index < -0.39 is 0 Å². The molecule has 1 N–H and O–H groups in total. The zero-order chi connectivity index (χ0) is 19.7. The number of anilines is 1. The molecule has 0 fully saturated rings. The molecule has 0 radical (unpaired) electrons. The van der Waals surface area contributed by atoms with Gasteiger partial charge in [-0.2, -0.15) is 5.26 Å². The Morgan fingerprint density at radius 2 is 2.18 bits per heavy atom. The van der Waals surface area contributed by atoms with E-state index in [1.54, 1.807) is 6.92 Å². The quantitative estimate of drug-likeness (QED) is 0.650. The SMILES string of the molecule is CCC1CCc2c(sc(NC(=O)c3c(-c4ccccc4)noc3C)c2C#N)C1. The van der Waals surface area contributed by atoms with E-state index in [4.69, 9.17) is 4.52 Å². The molecule has 0 saturated carbocycles. The van der Waals surface area contributed by atoms with E-state index in [1.807, 2.05) is 30.3 Å². The van der Waals surface area contributed by atoms with Crippen molar-refractivity contribution in [1.82, 2.24) is 5.16 Å². The molecule has 1 aliphatic carbocycles. The number of thiophene rings is 1. The Morgan fingerprint density at radius 3 is 2.89 bits per heavy atom. The van der Waals surface area contributed by atoms with Gasteiger partial charge in [-0.25, -0.2) is 0 Å². The van der Waals surface area contributed by atoms with Crippen molar-refractivity contribution in [3.8, 4) is 17.3 Å². The van der Waals surface area contributed by atoms with Gasteiger partial charge in [0.05, 0.1) is 5.56 Å². The van der Waals surface area contributed by atoms with Crippen LogP contribution in [-0.4, -0.2) is 11.1 Å². The fourth-order valence-electron chi connectivity index (χ4n) is 3.81. The number of carbonyl (C=O) groups excluding carboxylic acids is 1. The van der Waals surface area contributed by atoms with Crippen LogP contribution in [0.5, 0.6) is 0 Å². The molecule has 1 aromatic carbocycles. The van der Waals surface area contributed by atoms with Crippen LogP contribution in [0.1, 0.15) is 51.9 Å². The van der Waals surface area contributed by atoms with Crippen LogP contribution in [0.2, 0.25) is 0 Å². The molecule has 1 atom stereocenters. The molecule has 1 amide bonds. The molecule has 1 aliphatic rings. The minimum Gasteiger partial charge on any atom is -0.360 e.